The molecular formula is C17H21N3O4. The Hall–Kier alpha value is -2.70. The fourth-order valence-electron chi connectivity index (χ4n) is 2.45. The fraction of sp³-hybridized carbons (Fsp3) is 0.412. The number of urea groups is 1. The average Bonchev–Trinajstić information content (AvgIpc) is 2.77. The number of likely N-dealkylation sites (N-methyl/N-ethyl adjacent to an activating group) is 1. The van der Waals surface area contributed by atoms with Gasteiger partial charge in [0.1, 0.15) is 6.54 Å². The molecule has 1 fully saturated rings. The number of nitrogens with one attached hydrogen (secondary N) is 1. The monoisotopic (exact) mass is 331 g/mol. The number of imide groups is 2. The summed E-state index contributed by atoms with van der Waals surface area (Å²) in [6, 6.07) is 6.66. The van der Waals surface area contributed by atoms with Gasteiger partial charge in [-0.25, -0.2) is 9.69 Å². The Morgan fingerprint density at radius 1 is 1.00 bits per heavy atom. The molecule has 0 radical (unpaired) electrons. The van der Waals surface area contributed by atoms with Crippen molar-refractivity contribution >= 4 is 29.4 Å². The van der Waals surface area contributed by atoms with Crippen LogP contribution in [0.1, 0.15) is 32.3 Å². The Morgan fingerprint density at radius 3 is 2.17 bits per heavy atom. The topological polar surface area (TPSA) is 86.8 Å². The Kier molecular flexibility index (Phi) is 5.68. The molecule has 0 saturated carbocycles. The number of amides is 5. The maximum Gasteiger partial charge on any atom is 0.334 e. The van der Waals surface area contributed by atoms with E-state index in [2.05, 4.69) is 12.2 Å². The summed E-state index contributed by atoms with van der Waals surface area (Å²) < 4.78 is 0. The minimum atomic E-state index is -0.966. The second-order valence-corrected chi connectivity index (χ2v) is 5.57. The zero-order chi connectivity index (χ0) is 17.7. The Morgan fingerprint density at radius 2 is 1.62 bits per heavy atom. The second-order valence-electron chi connectivity index (χ2n) is 5.57. The van der Waals surface area contributed by atoms with Crippen LogP contribution in [0.2, 0.25) is 0 Å². The minimum Gasteiger partial charge on any atom is -0.325 e. The van der Waals surface area contributed by atoms with E-state index in [0.29, 0.717) is 10.6 Å². The van der Waals surface area contributed by atoms with Crippen molar-refractivity contribution < 1.29 is 19.2 Å². The van der Waals surface area contributed by atoms with Crippen LogP contribution in [0, 0.1) is 0 Å². The molecule has 1 aliphatic heterocycles. The zero-order valence-electron chi connectivity index (χ0n) is 13.9. The summed E-state index contributed by atoms with van der Waals surface area (Å²) in [4.78, 5) is 48.8. The number of carbonyl (C=O) groups excluding carboxylic acids is 4. The predicted octanol–water partition coefficient (Wildman–Crippen LogP) is 1.78. The van der Waals surface area contributed by atoms with Gasteiger partial charge in [-0.05, 0) is 37.5 Å². The summed E-state index contributed by atoms with van der Waals surface area (Å²) in [7, 11) is 0. The van der Waals surface area contributed by atoms with Crippen LogP contribution in [-0.4, -0.2) is 46.6 Å². The van der Waals surface area contributed by atoms with Crippen molar-refractivity contribution in [3.63, 3.8) is 0 Å². The van der Waals surface area contributed by atoms with Gasteiger partial charge in [0.2, 0.25) is 5.91 Å². The van der Waals surface area contributed by atoms with E-state index >= 15 is 0 Å². The Bertz CT molecular complexity index is 654. The molecule has 0 bridgehead atoms. The van der Waals surface area contributed by atoms with Crippen molar-refractivity contribution in [3.05, 3.63) is 29.8 Å². The van der Waals surface area contributed by atoms with Gasteiger partial charge in [-0.15, -0.1) is 0 Å². The van der Waals surface area contributed by atoms with Crippen LogP contribution in [0.15, 0.2) is 24.3 Å². The highest BCUT2D eigenvalue weighted by Crippen LogP contribution is 2.14. The van der Waals surface area contributed by atoms with Crippen molar-refractivity contribution in [2.75, 3.05) is 18.4 Å². The van der Waals surface area contributed by atoms with E-state index in [1.807, 2.05) is 12.1 Å². The molecule has 7 nitrogen and oxygen atoms in total. The molecule has 1 aromatic rings. The fourth-order valence-corrected chi connectivity index (χ4v) is 2.45. The number of unbranched alkanes of at least 4 members (excludes halogenated alkanes) is 1. The molecule has 1 N–H and O–H groups in total. The number of benzene rings is 1. The highest BCUT2D eigenvalue weighted by Gasteiger charge is 2.44. The lowest BCUT2D eigenvalue weighted by Gasteiger charge is -2.14. The molecule has 0 atom stereocenters. The summed E-state index contributed by atoms with van der Waals surface area (Å²) in [6.45, 7) is 3.34. The number of aryl methyl sites for hydroxylation is 1. The summed E-state index contributed by atoms with van der Waals surface area (Å²) in [6.07, 6.45) is 3.20. The van der Waals surface area contributed by atoms with Gasteiger partial charge in [-0.3, -0.25) is 19.3 Å². The maximum absolute atomic E-state index is 12.0. The molecule has 2 rings (SSSR count). The highest BCUT2D eigenvalue weighted by molar-refractivity contribution is 6.45. The minimum absolute atomic E-state index is 0.0980. The summed E-state index contributed by atoms with van der Waals surface area (Å²) in [5.41, 5.74) is 1.77. The molecule has 0 aliphatic carbocycles. The number of rotatable bonds is 7. The van der Waals surface area contributed by atoms with Gasteiger partial charge in [-0.2, -0.15) is 0 Å². The molecule has 1 saturated heterocycles. The van der Waals surface area contributed by atoms with Gasteiger partial charge in [0.15, 0.2) is 0 Å². The lowest BCUT2D eigenvalue weighted by Crippen LogP contribution is -2.38. The van der Waals surface area contributed by atoms with Crippen LogP contribution in [0.5, 0.6) is 0 Å². The van der Waals surface area contributed by atoms with Crippen LogP contribution in [0.4, 0.5) is 10.5 Å². The van der Waals surface area contributed by atoms with E-state index in [0.717, 1.165) is 24.2 Å². The molecule has 7 heteroatoms. The van der Waals surface area contributed by atoms with Gasteiger partial charge in [-0.1, -0.05) is 25.5 Å². The number of anilines is 1. The third-order valence-corrected chi connectivity index (χ3v) is 3.81. The largest absolute Gasteiger partial charge is 0.334 e. The normalized spacial score (nSPS) is 14.5. The first-order valence-electron chi connectivity index (χ1n) is 8.04. The average molecular weight is 331 g/mol. The maximum atomic E-state index is 12.0. The van der Waals surface area contributed by atoms with Crippen LogP contribution in [-0.2, 0) is 20.8 Å². The van der Waals surface area contributed by atoms with Gasteiger partial charge in [0, 0.05) is 12.2 Å². The van der Waals surface area contributed by atoms with Gasteiger partial charge in [0.25, 0.3) is 0 Å². The standard InChI is InChI=1S/C17H21N3O4/c1-3-5-6-12-7-9-13(10-8-12)18-14(21)11-20-16(23)15(22)19(4-2)17(20)24/h7-10H,3-6,11H2,1-2H3,(H,18,21). The number of hydrogen-bond acceptors (Lipinski definition) is 4. The highest BCUT2D eigenvalue weighted by atomic mass is 16.2. The van der Waals surface area contributed by atoms with Gasteiger partial charge < -0.3 is 5.32 Å². The second kappa shape index (κ2) is 7.72. The smallest absolute Gasteiger partial charge is 0.325 e. The molecular weight excluding hydrogens is 310 g/mol. The van der Waals surface area contributed by atoms with E-state index in [4.69, 9.17) is 0 Å². The van der Waals surface area contributed by atoms with Crippen molar-refractivity contribution in [1.82, 2.24) is 9.80 Å². The number of hydrogen-bond donors (Lipinski definition) is 1. The molecule has 5 amide bonds. The van der Waals surface area contributed by atoms with E-state index in [-0.39, 0.29) is 6.54 Å². The molecule has 0 spiro atoms. The van der Waals surface area contributed by atoms with E-state index in [1.54, 1.807) is 19.1 Å². The molecule has 0 unspecified atom stereocenters. The van der Waals surface area contributed by atoms with Crippen molar-refractivity contribution in [2.24, 2.45) is 0 Å². The third kappa shape index (κ3) is 3.79. The molecule has 1 aliphatic rings. The molecule has 1 heterocycles. The molecule has 24 heavy (non-hydrogen) atoms. The molecule has 0 aromatic heterocycles. The van der Waals surface area contributed by atoms with Crippen LogP contribution < -0.4 is 5.32 Å². The lowest BCUT2D eigenvalue weighted by atomic mass is 10.1. The molecule has 128 valence electrons. The summed E-state index contributed by atoms with van der Waals surface area (Å²) >= 11 is 0. The third-order valence-electron chi connectivity index (χ3n) is 3.81. The van der Waals surface area contributed by atoms with E-state index in [1.165, 1.54) is 5.56 Å². The first kappa shape index (κ1) is 17.7. The van der Waals surface area contributed by atoms with Gasteiger partial charge >= 0.3 is 17.8 Å². The van der Waals surface area contributed by atoms with E-state index < -0.39 is 30.3 Å². The summed E-state index contributed by atoms with van der Waals surface area (Å²) in [5.74, 6) is -2.38. The van der Waals surface area contributed by atoms with Gasteiger partial charge in [0.05, 0.1) is 0 Å². The SMILES string of the molecule is CCCCc1ccc(NC(=O)CN2C(=O)C(=O)N(CC)C2=O)cc1. The Balaban J connectivity index is 1.95. The van der Waals surface area contributed by atoms with Crippen LogP contribution in [0.25, 0.3) is 0 Å². The van der Waals surface area contributed by atoms with Crippen LogP contribution >= 0.6 is 0 Å². The number of nitrogens with zero attached hydrogens (tertiary/aromatic N) is 2. The zero-order valence-corrected chi connectivity index (χ0v) is 13.9. The van der Waals surface area contributed by atoms with Crippen molar-refractivity contribution in [2.45, 2.75) is 33.1 Å². The first-order valence-corrected chi connectivity index (χ1v) is 8.04. The van der Waals surface area contributed by atoms with Crippen molar-refractivity contribution in [1.29, 1.82) is 0 Å². The van der Waals surface area contributed by atoms with E-state index in [9.17, 15) is 19.2 Å². The lowest BCUT2D eigenvalue weighted by molar-refractivity contribution is -0.143. The quantitative estimate of drug-likeness (QED) is 0.609. The first-order chi connectivity index (χ1) is 11.5. The number of carbonyl (C=O) groups is 4. The molecule has 1 aromatic carbocycles. The predicted molar refractivity (Wildman–Crippen MR) is 88.2 cm³/mol. The van der Waals surface area contributed by atoms with Crippen molar-refractivity contribution in [3.8, 4) is 0 Å². The van der Waals surface area contributed by atoms with Crippen LogP contribution in [0.3, 0.4) is 0 Å². The Labute approximate surface area is 140 Å². The summed E-state index contributed by atoms with van der Waals surface area (Å²) in [5, 5.41) is 2.63.